The van der Waals surface area contributed by atoms with Crippen LogP contribution in [0.5, 0.6) is 0 Å². The molecule has 3 aromatic heterocycles. The summed E-state index contributed by atoms with van der Waals surface area (Å²) in [4.78, 5) is 31.9. The smallest absolute Gasteiger partial charge is 0.164 e. The van der Waals surface area contributed by atoms with Gasteiger partial charge in [-0.2, -0.15) is 0 Å². The normalized spacial score (nSPS) is 11.2. The highest BCUT2D eigenvalue weighted by Gasteiger charge is 2.22. The number of nitrogens with zero attached hydrogens (tertiary/aromatic N) is 7. The van der Waals surface area contributed by atoms with Crippen LogP contribution in [-0.2, 0) is 6.54 Å². The summed E-state index contributed by atoms with van der Waals surface area (Å²) in [6.07, 6.45) is 0. The number of rotatable bonds is 12. The predicted octanol–water partition coefficient (Wildman–Crippen LogP) is 17.4. The molecule has 0 aliphatic heterocycles. The Balaban J connectivity index is 1.01. The highest BCUT2D eigenvalue weighted by Crippen LogP contribution is 2.42. The molecule has 0 amide bonds. The van der Waals surface area contributed by atoms with Crippen molar-refractivity contribution in [3.8, 4) is 124 Å². The molecule has 10 aromatic carbocycles. The average molecular weight is 988 g/mol. The van der Waals surface area contributed by atoms with Crippen LogP contribution in [0.1, 0.15) is 6.92 Å². The minimum atomic E-state index is 0.563. The molecule has 0 unspecified atom stereocenters. The van der Waals surface area contributed by atoms with Crippen LogP contribution in [0.2, 0.25) is 0 Å². The fourth-order valence-corrected chi connectivity index (χ4v) is 10.4. The molecule has 0 aliphatic rings. The Morgan fingerprint density at radius 1 is 0.260 bits per heavy atom. The summed E-state index contributed by atoms with van der Waals surface area (Å²) >= 11 is 0. The number of aryl methyl sites for hydroxylation is 1. The third kappa shape index (κ3) is 9.17. The predicted molar refractivity (Wildman–Crippen MR) is 314 cm³/mol. The van der Waals surface area contributed by atoms with Crippen molar-refractivity contribution in [2.75, 3.05) is 0 Å². The lowest BCUT2D eigenvalue weighted by Gasteiger charge is -2.17. The second-order valence-corrected chi connectivity index (χ2v) is 18.9. The third-order valence-electron chi connectivity index (χ3n) is 14.1. The Hall–Kier alpha value is -10.2. The minimum absolute atomic E-state index is 0.563. The van der Waals surface area contributed by atoms with Gasteiger partial charge >= 0.3 is 0 Å². The van der Waals surface area contributed by atoms with E-state index in [0.29, 0.717) is 23.3 Å². The maximum atomic E-state index is 5.42. The number of hydrogen-bond donors (Lipinski definition) is 0. The Morgan fingerprint density at radius 3 is 1.29 bits per heavy atom. The highest BCUT2D eigenvalue weighted by atomic mass is 15.1. The zero-order chi connectivity index (χ0) is 51.5. The van der Waals surface area contributed by atoms with Crippen molar-refractivity contribution in [2.45, 2.75) is 13.5 Å². The number of aromatic nitrogens is 7. The first kappa shape index (κ1) is 46.5. The van der Waals surface area contributed by atoms with Crippen molar-refractivity contribution in [3.63, 3.8) is 0 Å². The second-order valence-electron chi connectivity index (χ2n) is 18.9. The van der Waals surface area contributed by atoms with Gasteiger partial charge in [0.15, 0.2) is 23.3 Å². The van der Waals surface area contributed by atoms with Gasteiger partial charge in [-0.15, -0.1) is 0 Å². The van der Waals surface area contributed by atoms with E-state index in [1.807, 2.05) is 60.7 Å². The Labute approximate surface area is 447 Å². The monoisotopic (exact) mass is 987 g/mol. The van der Waals surface area contributed by atoms with Gasteiger partial charge in [0.2, 0.25) is 0 Å². The Bertz CT molecular complexity index is 4190. The molecule has 0 fully saturated rings. The molecule has 0 bridgehead atoms. The van der Waals surface area contributed by atoms with E-state index in [0.717, 1.165) is 118 Å². The summed E-state index contributed by atoms with van der Waals surface area (Å²) in [6, 6.07) is 92.5. The summed E-state index contributed by atoms with van der Waals surface area (Å²) in [5.74, 6) is 3.26. The molecule has 0 spiro atoms. The molecule has 0 aliphatic carbocycles. The van der Waals surface area contributed by atoms with Gasteiger partial charge in [-0.3, -0.25) is 0 Å². The molecule has 0 radical (unpaired) electrons. The van der Waals surface area contributed by atoms with Gasteiger partial charge < -0.3 is 4.57 Å². The molecular weight excluding hydrogens is 939 g/mol. The standard InChI is InChI=1S/C70H49N7/c1-2-77-65-41-22-21-40-62(65)73-70(77)53-33-23-32-51(44-53)61-45-52(42-43-60(61)67-71-63(48-26-9-4-10-27-48)46-64(72-67)49-28-11-5-12-29-49)55-35-16-19-38-58(55)68-74-66(50-30-13-6-14-31-50)75-69(76-68)59-39-20-18-37-57(59)56-36-17-15-34-54(56)47-24-7-3-8-25-47/h3-46H,2H2,1H3. The van der Waals surface area contributed by atoms with Gasteiger partial charge in [0.05, 0.1) is 22.4 Å². The zero-order valence-electron chi connectivity index (χ0n) is 42.2. The van der Waals surface area contributed by atoms with Crippen molar-refractivity contribution in [1.29, 1.82) is 0 Å². The first-order valence-corrected chi connectivity index (χ1v) is 26.0. The molecule has 7 nitrogen and oxygen atoms in total. The molecule has 0 saturated carbocycles. The van der Waals surface area contributed by atoms with Crippen molar-refractivity contribution >= 4 is 11.0 Å². The highest BCUT2D eigenvalue weighted by molar-refractivity contribution is 5.93. The van der Waals surface area contributed by atoms with Crippen molar-refractivity contribution in [3.05, 3.63) is 267 Å². The van der Waals surface area contributed by atoms with Crippen molar-refractivity contribution in [1.82, 2.24) is 34.5 Å². The largest absolute Gasteiger partial charge is 0.324 e. The summed E-state index contributed by atoms with van der Waals surface area (Å²) in [7, 11) is 0. The third-order valence-corrected chi connectivity index (χ3v) is 14.1. The molecule has 13 rings (SSSR count). The summed E-state index contributed by atoms with van der Waals surface area (Å²) in [6.45, 7) is 2.95. The van der Waals surface area contributed by atoms with Gasteiger partial charge in [-0.25, -0.2) is 29.9 Å². The number of para-hydroxylation sites is 2. The fourth-order valence-electron chi connectivity index (χ4n) is 10.4. The molecule has 0 atom stereocenters. The van der Waals surface area contributed by atoms with Crippen LogP contribution in [0, 0.1) is 0 Å². The van der Waals surface area contributed by atoms with Crippen LogP contribution < -0.4 is 0 Å². The van der Waals surface area contributed by atoms with Gasteiger partial charge in [-0.1, -0.05) is 231 Å². The van der Waals surface area contributed by atoms with E-state index in [2.05, 4.69) is 218 Å². The molecule has 364 valence electrons. The van der Waals surface area contributed by atoms with Gasteiger partial charge in [0.1, 0.15) is 5.82 Å². The topological polar surface area (TPSA) is 82.3 Å². The maximum absolute atomic E-state index is 5.42. The van der Waals surface area contributed by atoms with E-state index in [4.69, 9.17) is 29.9 Å². The first-order valence-electron chi connectivity index (χ1n) is 26.0. The number of fused-ring (bicyclic) bond motifs is 1. The minimum Gasteiger partial charge on any atom is -0.324 e. The van der Waals surface area contributed by atoms with E-state index >= 15 is 0 Å². The molecule has 0 N–H and O–H groups in total. The van der Waals surface area contributed by atoms with Gasteiger partial charge in [-0.05, 0) is 87.8 Å². The summed E-state index contributed by atoms with van der Waals surface area (Å²) in [5, 5.41) is 0. The van der Waals surface area contributed by atoms with Crippen LogP contribution in [0.3, 0.4) is 0 Å². The summed E-state index contributed by atoms with van der Waals surface area (Å²) in [5.41, 5.74) is 18.6. The fraction of sp³-hybridized carbons (Fsp3) is 0.0286. The SMILES string of the molecule is CCn1c(-c2cccc(-c3cc(-c4ccccc4-c4nc(-c5ccccc5)nc(-c5ccccc5-c5ccccc5-c5ccccc5)n4)ccc3-c3nc(-c4ccccc4)cc(-c4ccccc4)n3)c2)nc2ccccc21. The lowest BCUT2D eigenvalue weighted by Crippen LogP contribution is -2.02. The lowest BCUT2D eigenvalue weighted by atomic mass is 9.91. The quantitative estimate of drug-likeness (QED) is 0.121. The molecule has 7 heteroatoms. The second kappa shape index (κ2) is 20.6. The van der Waals surface area contributed by atoms with E-state index in [1.165, 1.54) is 0 Å². The zero-order valence-corrected chi connectivity index (χ0v) is 42.2. The Kier molecular flexibility index (Phi) is 12.4. The molecule has 0 saturated heterocycles. The van der Waals surface area contributed by atoms with E-state index in [-0.39, 0.29) is 0 Å². The van der Waals surface area contributed by atoms with Gasteiger partial charge in [0, 0.05) is 45.5 Å². The molecule has 77 heavy (non-hydrogen) atoms. The van der Waals surface area contributed by atoms with Crippen LogP contribution in [0.4, 0.5) is 0 Å². The first-order chi connectivity index (χ1) is 38.1. The molecular formula is C70H49N7. The van der Waals surface area contributed by atoms with Crippen LogP contribution in [0.25, 0.3) is 135 Å². The average Bonchev–Trinajstić information content (AvgIpc) is 3.91. The van der Waals surface area contributed by atoms with E-state index in [9.17, 15) is 0 Å². The van der Waals surface area contributed by atoms with E-state index in [1.54, 1.807) is 0 Å². The Morgan fingerprint density at radius 2 is 0.675 bits per heavy atom. The maximum Gasteiger partial charge on any atom is 0.164 e. The number of hydrogen-bond acceptors (Lipinski definition) is 6. The lowest BCUT2D eigenvalue weighted by molar-refractivity contribution is 0.796. The number of benzene rings is 10. The van der Waals surface area contributed by atoms with Gasteiger partial charge in [0.25, 0.3) is 0 Å². The van der Waals surface area contributed by atoms with Crippen LogP contribution in [-0.4, -0.2) is 34.5 Å². The van der Waals surface area contributed by atoms with Crippen molar-refractivity contribution in [2.24, 2.45) is 0 Å². The van der Waals surface area contributed by atoms with Crippen LogP contribution in [0.15, 0.2) is 267 Å². The number of imidazole rings is 1. The van der Waals surface area contributed by atoms with E-state index < -0.39 is 0 Å². The molecule has 3 heterocycles. The van der Waals surface area contributed by atoms with Crippen LogP contribution >= 0.6 is 0 Å². The summed E-state index contributed by atoms with van der Waals surface area (Å²) < 4.78 is 2.29. The molecule has 13 aromatic rings. The van der Waals surface area contributed by atoms with Crippen molar-refractivity contribution < 1.29 is 0 Å².